The first-order chi connectivity index (χ1) is 10.3. The topological polar surface area (TPSA) is 47.7 Å². The van der Waals surface area contributed by atoms with Crippen molar-refractivity contribution in [1.29, 1.82) is 0 Å². The third-order valence-corrected chi connectivity index (χ3v) is 4.23. The molecule has 1 atom stereocenters. The average molecular weight is 408 g/mol. The first-order valence-corrected chi connectivity index (χ1v) is 8.64. The van der Waals surface area contributed by atoms with Gasteiger partial charge in [0.05, 0.1) is 10.6 Å². The van der Waals surface area contributed by atoms with Gasteiger partial charge in [0.2, 0.25) is 0 Å². The molecule has 0 aromatic heterocycles. The van der Waals surface area contributed by atoms with Gasteiger partial charge in [-0.3, -0.25) is 0 Å². The van der Waals surface area contributed by atoms with Crippen molar-refractivity contribution in [2.45, 2.75) is 44.9 Å². The largest absolute Gasteiger partial charge is 0.489 e. The number of rotatable bonds is 7. The van der Waals surface area contributed by atoms with E-state index in [9.17, 15) is 0 Å². The van der Waals surface area contributed by atoms with E-state index in [0.29, 0.717) is 6.61 Å². The van der Waals surface area contributed by atoms with E-state index < -0.39 is 0 Å². The summed E-state index contributed by atoms with van der Waals surface area (Å²) in [5, 5.41) is 0. The van der Waals surface area contributed by atoms with E-state index in [1.807, 2.05) is 26.0 Å². The van der Waals surface area contributed by atoms with Gasteiger partial charge in [0, 0.05) is 30.8 Å². The Morgan fingerprint density at radius 2 is 2.17 bits per heavy atom. The summed E-state index contributed by atoms with van der Waals surface area (Å²) in [6, 6.07) is 6.16. The Balaban J connectivity index is 0.00000264. The summed E-state index contributed by atoms with van der Waals surface area (Å²) in [4.78, 5) is 2.22. The molecule has 1 aliphatic rings. The summed E-state index contributed by atoms with van der Waals surface area (Å²) in [6.07, 6.45) is 2.44. The van der Waals surface area contributed by atoms with E-state index in [2.05, 4.69) is 33.9 Å². The molecule has 1 aliphatic heterocycles. The van der Waals surface area contributed by atoms with Crippen molar-refractivity contribution in [3.05, 3.63) is 28.2 Å². The molecule has 2 N–H and O–H groups in total. The van der Waals surface area contributed by atoms with Crippen LogP contribution >= 0.6 is 28.3 Å². The van der Waals surface area contributed by atoms with Crippen LogP contribution in [0.2, 0.25) is 0 Å². The number of nitrogens with two attached hydrogens (primary N) is 1. The molecule has 2 rings (SSSR count). The average Bonchev–Trinajstić information content (AvgIpc) is 2.88. The molecular weight excluding hydrogens is 380 g/mol. The molecule has 0 spiro atoms. The third-order valence-electron chi connectivity index (χ3n) is 3.60. The van der Waals surface area contributed by atoms with Gasteiger partial charge in [0.25, 0.3) is 0 Å². The molecule has 0 saturated carbocycles. The molecule has 6 heteroatoms. The Morgan fingerprint density at radius 1 is 1.43 bits per heavy atom. The van der Waals surface area contributed by atoms with Crippen LogP contribution in [0.1, 0.15) is 32.3 Å². The van der Waals surface area contributed by atoms with Crippen molar-refractivity contribution in [2.24, 2.45) is 5.73 Å². The summed E-state index contributed by atoms with van der Waals surface area (Å²) < 4.78 is 12.7. The maximum atomic E-state index is 6.10. The molecule has 132 valence electrons. The number of ether oxygens (including phenoxy) is 2. The molecule has 0 radical (unpaired) electrons. The van der Waals surface area contributed by atoms with Crippen molar-refractivity contribution in [2.75, 3.05) is 26.8 Å². The minimum Gasteiger partial charge on any atom is -0.489 e. The quantitative estimate of drug-likeness (QED) is 0.750. The Kier molecular flexibility index (Phi) is 8.31. The fraction of sp³-hybridized carbons (Fsp3) is 0.647. The monoisotopic (exact) mass is 406 g/mol. The van der Waals surface area contributed by atoms with Crippen LogP contribution in [-0.2, 0) is 11.3 Å². The van der Waals surface area contributed by atoms with Gasteiger partial charge in [-0.25, -0.2) is 0 Å². The first kappa shape index (κ1) is 20.7. The zero-order chi connectivity index (χ0) is 16.2. The molecule has 1 unspecified atom stereocenters. The van der Waals surface area contributed by atoms with Crippen molar-refractivity contribution >= 4 is 28.3 Å². The lowest BCUT2D eigenvalue weighted by molar-refractivity contribution is 0.0670. The summed E-state index contributed by atoms with van der Waals surface area (Å²) in [5.74, 6) is 0.916. The van der Waals surface area contributed by atoms with Gasteiger partial charge in [-0.05, 0) is 55.7 Å². The maximum absolute atomic E-state index is 6.10. The fourth-order valence-corrected chi connectivity index (χ4v) is 3.36. The predicted octanol–water partition coefficient (Wildman–Crippen LogP) is 3.60. The van der Waals surface area contributed by atoms with Crippen LogP contribution in [0.15, 0.2) is 22.7 Å². The zero-order valence-electron chi connectivity index (χ0n) is 14.2. The second kappa shape index (κ2) is 9.23. The summed E-state index contributed by atoms with van der Waals surface area (Å²) in [5.41, 5.74) is 7.06. The number of benzene rings is 1. The molecule has 0 aliphatic carbocycles. The van der Waals surface area contributed by atoms with E-state index in [1.165, 1.54) is 5.56 Å². The van der Waals surface area contributed by atoms with Crippen molar-refractivity contribution in [3.8, 4) is 5.75 Å². The molecule has 1 aromatic rings. The molecule has 1 fully saturated rings. The molecule has 1 heterocycles. The Labute approximate surface area is 154 Å². The zero-order valence-corrected chi connectivity index (χ0v) is 16.6. The molecule has 0 bridgehead atoms. The lowest BCUT2D eigenvalue weighted by atomic mass is 10.1. The van der Waals surface area contributed by atoms with Crippen LogP contribution in [0.5, 0.6) is 5.75 Å². The van der Waals surface area contributed by atoms with Crippen molar-refractivity contribution in [3.63, 3.8) is 0 Å². The van der Waals surface area contributed by atoms with Gasteiger partial charge < -0.3 is 20.1 Å². The van der Waals surface area contributed by atoms with Gasteiger partial charge in [0.1, 0.15) is 12.4 Å². The van der Waals surface area contributed by atoms with Crippen LogP contribution in [0, 0.1) is 0 Å². The summed E-state index contributed by atoms with van der Waals surface area (Å²) >= 11 is 3.60. The van der Waals surface area contributed by atoms with Crippen LogP contribution < -0.4 is 10.5 Å². The number of halogens is 2. The normalized spacial score (nSPS) is 18.1. The number of hydrogen-bond donors (Lipinski definition) is 1. The smallest absolute Gasteiger partial charge is 0.138 e. The van der Waals surface area contributed by atoms with Gasteiger partial charge in [-0.1, -0.05) is 12.1 Å². The van der Waals surface area contributed by atoms with Crippen LogP contribution in [-0.4, -0.2) is 43.3 Å². The Bertz CT molecular complexity index is 488. The van der Waals surface area contributed by atoms with Crippen LogP contribution in [0.4, 0.5) is 0 Å². The summed E-state index contributed by atoms with van der Waals surface area (Å²) in [6.45, 7) is 7.18. The molecule has 4 nitrogen and oxygen atoms in total. The standard InChI is InChI=1S/C17H27BrN2O2.ClH/c1-17(2,19)12-20(3)10-13-6-4-8-15(18)16(13)22-11-14-7-5-9-21-14;/h4,6,8,14H,5,7,9-12,19H2,1-3H3;1H. The van der Waals surface area contributed by atoms with E-state index in [0.717, 1.165) is 42.8 Å². The molecule has 1 aromatic carbocycles. The van der Waals surface area contributed by atoms with E-state index in [1.54, 1.807) is 0 Å². The van der Waals surface area contributed by atoms with Gasteiger partial charge in [0.15, 0.2) is 0 Å². The highest BCUT2D eigenvalue weighted by Crippen LogP contribution is 2.30. The number of nitrogens with zero attached hydrogens (tertiary/aromatic N) is 1. The lowest BCUT2D eigenvalue weighted by Gasteiger charge is -2.27. The van der Waals surface area contributed by atoms with Crippen LogP contribution in [0.25, 0.3) is 0 Å². The highest BCUT2D eigenvalue weighted by molar-refractivity contribution is 9.10. The third kappa shape index (κ3) is 6.98. The van der Waals surface area contributed by atoms with Crippen molar-refractivity contribution in [1.82, 2.24) is 4.90 Å². The number of hydrogen-bond acceptors (Lipinski definition) is 4. The maximum Gasteiger partial charge on any atom is 0.138 e. The second-order valence-electron chi connectivity index (χ2n) is 6.83. The lowest BCUT2D eigenvalue weighted by Crippen LogP contribution is -2.43. The van der Waals surface area contributed by atoms with Gasteiger partial charge in [-0.15, -0.1) is 12.4 Å². The molecule has 1 saturated heterocycles. The van der Waals surface area contributed by atoms with Crippen molar-refractivity contribution < 1.29 is 9.47 Å². The SMILES string of the molecule is CN(Cc1cccc(Br)c1OCC1CCCO1)CC(C)(C)N.Cl. The number of likely N-dealkylation sites (N-methyl/N-ethyl adjacent to an activating group) is 1. The van der Waals surface area contributed by atoms with E-state index in [-0.39, 0.29) is 24.0 Å². The van der Waals surface area contributed by atoms with Crippen LogP contribution in [0.3, 0.4) is 0 Å². The second-order valence-corrected chi connectivity index (χ2v) is 7.69. The molecular formula is C17H28BrClN2O2. The highest BCUT2D eigenvalue weighted by atomic mass is 79.9. The molecule has 23 heavy (non-hydrogen) atoms. The Hall–Kier alpha value is -0.330. The minimum atomic E-state index is -0.209. The minimum absolute atomic E-state index is 0. The van der Waals surface area contributed by atoms with Gasteiger partial charge >= 0.3 is 0 Å². The summed E-state index contributed by atoms with van der Waals surface area (Å²) in [7, 11) is 2.08. The number of para-hydroxylation sites is 1. The van der Waals surface area contributed by atoms with E-state index >= 15 is 0 Å². The van der Waals surface area contributed by atoms with E-state index in [4.69, 9.17) is 15.2 Å². The highest BCUT2D eigenvalue weighted by Gasteiger charge is 2.19. The predicted molar refractivity (Wildman–Crippen MR) is 100 cm³/mol. The fourth-order valence-electron chi connectivity index (χ4n) is 2.83. The first-order valence-electron chi connectivity index (χ1n) is 7.84. The van der Waals surface area contributed by atoms with Gasteiger partial charge in [-0.2, -0.15) is 0 Å². The molecule has 0 amide bonds. The Morgan fingerprint density at radius 3 is 2.78 bits per heavy atom.